The summed E-state index contributed by atoms with van der Waals surface area (Å²) >= 11 is 0. The lowest BCUT2D eigenvalue weighted by atomic mass is 10.7. The predicted molar refractivity (Wildman–Crippen MR) is 46.9 cm³/mol. The molecule has 0 aliphatic heterocycles. The third kappa shape index (κ3) is 1.58. The molecule has 0 aliphatic carbocycles. The van der Waals surface area contributed by atoms with Gasteiger partial charge in [0.05, 0.1) is 6.20 Å². The summed E-state index contributed by atoms with van der Waals surface area (Å²) in [6, 6.07) is 0. The second kappa shape index (κ2) is 3.80. The Labute approximate surface area is 71.3 Å². The normalized spacial score (nSPS) is 9.25. The molecular weight excluding hydrogens is 152 g/mol. The molecule has 0 aliphatic rings. The van der Waals surface area contributed by atoms with Gasteiger partial charge in [-0.05, 0) is 6.92 Å². The molecule has 0 radical (unpaired) electrons. The lowest BCUT2D eigenvalue weighted by Crippen LogP contribution is -1.85. The van der Waals surface area contributed by atoms with Gasteiger partial charge in [-0.3, -0.25) is 4.98 Å². The molecule has 4 nitrogen and oxygen atoms in total. The molecule has 2 aromatic rings. The summed E-state index contributed by atoms with van der Waals surface area (Å²) in [6.45, 7) is 5.85. The van der Waals surface area contributed by atoms with E-state index >= 15 is 0 Å². The van der Waals surface area contributed by atoms with Gasteiger partial charge in [0.1, 0.15) is 5.82 Å². The minimum absolute atomic E-state index is 0.771. The standard InChI is InChI=1S/C6H6N4.C2H6/c1-5-8-6-4-7-2-3-10(6)9-5;1-2/h2-4H,1H3;1-2H3. The zero-order valence-corrected chi connectivity index (χ0v) is 7.52. The molecule has 64 valence electrons. The zero-order chi connectivity index (χ0) is 8.97. The van der Waals surface area contributed by atoms with E-state index in [1.807, 2.05) is 20.8 Å². The maximum atomic E-state index is 4.10. The number of rotatable bonds is 0. The number of aryl methyl sites for hydroxylation is 1. The summed E-state index contributed by atoms with van der Waals surface area (Å²) in [5.41, 5.74) is 0.792. The zero-order valence-electron chi connectivity index (χ0n) is 7.52. The van der Waals surface area contributed by atoms with Crippen LogP contribution in [0.15, 0.2) is 18.6 Å². The molecule has 0 fully saturated rings. The van der Waals surface area contributed by atoms with Crippen molar-refractivity contribution in [1.29, 1.82) is 0 Å². The Balaban J connectivity index is 0.000000336. The SMILES string of the molecule is CC.Cc1nc2cnccn2n1. The predicted octanol–water partition coefficient (Wildman–Crippen LogP) is 1.46. The first kappa shape index (κ1) is 8.64. The molecule has 0 N–H and O–H groups in total. The molecule has 0 bridgehead atoms. The van der Waals surface area contributed by atoms with Crippen molar-refractivity contribution >= 4 is 5.65 Å². The van der Waals surface area contributed by atoms with Crippen molar-refractivity contribution in [3.8, 4) is 0 Å². The van der Waals surface area contributed by atoms with Crippen LogP contribution in [0.25, 0.3) is 5.65 Å². The maximum absolute atomic E-state index is 4.10. The van der Waals surface area contributed by atoms with E-state index in [-0.39, 0.29) is 0 Å². The lowest BCUT2D eigenvalue weighted by Gasteiger charge is -1.84. The van der Waals surface area contributed by atoms with E-state index in [0.717, 1.165) is 11.5 Å². The van der Waals surface area contributed by atoms with E-state index < -0.39 is 0 Å². The first-order chi connectivity index (χ1) is 5.86. The Morgan fingerprint density at radius 2 is 2.08 bits per heavy atom. The van der Waals surface area contributed by atoms with Gasteiger partial charge in [0, 0.05) is 12.4 Å². The van der Waals surface area contributed by atoms with Crippen LogP contribution in [0.4, 0.5) is 0 Å². The molecular formula is C8H12N4. The molecule has 12 heavy (non-hydrogen) atoms. The molecule has 0 saturated heterocycles. The van der Waals surface area contributed by atoms with Crippen molar-refractivity contribution in [1.82, 2.24) is 19.6 Å². The fourth-order valence-corrected chi connectivity index (χ4v) is 0.856. The molecule has 2 rings (SSSR count). The van der Waals surface area contributed by atoms with Crippen molar-refractivity contribution in [3.63, 3.8) is 0 Å². The van der Waals surface area contributed by atoms with Crippen LogP contribution in [0.1, 0.15) is 19.7 Å². The topological polar surface area (TPSA) is 43.1 Å². The van der Waals surface area contributed by atoms with Crippen molar-refractivity contribution in [2.24, 2.45) is 0 Å². The minimum Gasteiger partial charge on any atom is -0.259 e. The second-order valence-corrected chi connectivity index (χ2v) is 2.04. The van der Waals surface area contributed by atoms with Crippen molar-refractivity contribution in [3.05, 3.63) is 24.4 Å². The Morgan fingerprint density at radius 1 is 1.33 bits per heavy atom. The molecule has 2 aromatic heterocycles. The first-order valence-electron chi connectivity index (χ1n) is 3.99. The summed E-state index contributed by atoms with van der Waals surface area (Å²) in [5.74, 6) is 0.771. The van der Waals surface area contributed by atoms with Crippen LogP contribution in [-0.4, -0.2) is 19.6 Å². The largest absolute Gasteiger partial charge is 0.259 e. The fourth-order valence-electron chi connectivity index (χ4n) is 0.856. The molecule has 0 aromatic carbocycles. The average molecular weight is 164 g/mol. The van der Waals surface area contributed by atoms with Gasteiger partial charge in [0.25, 0.3) is 0 Å². The van der Waals surface area contributed by atoms with Crippen LogP contribution >= 0.6 is 0 Å². The van der Waals surface area contributed by atoms with E-state index in [1.165, 1.54) is 0 Å². The third-order valence-electron chi connectivity index (χ3n) is 1.25. The van der Waals surface area contributed by atoms with Crippen molar-refractivity contribution in [2.45, 2.75) is 20.8 Å². The van der Waals surface area contributed by atoms with Gasteiger partial charge in [0.2, 0.25) is 0 Å². The minimum atomic E-state index is 0.771. The molecule has 0 amide bonds. The van der Waals surface area contributed by atoms with Gasteiger partial charge in [0.15, 0.2) is 5.65 Å². The van der Waals surface area contributed by atoms with Gasteiger partial charge in [-0.1, -0.05) is 13.8 Å². The van der Waals surface area contributed by atoms with Gasteiger partial charge in [-0.2, -0.15) is 5.10 Å². The molecule has 0 atom stereocenters. The summed E-state index contributed by atoms with van der Waals surface area (Å²) in [4.78, 5) is 8.01. The van der Waals surface area contributed by atoms with Gasteiger partial charge >= 0.3 is 0 Å². The summed E-state index contributed by atoms with van der Waals surface area (Å²) in [6.07, 6.45) is 5.14. The van der Waals surface area contributed by atoms with Crippen LogP contribution < -0.4 is 0 Å². The third-order valence-corrected chi connectivity index (χ3v) is 1.25. The van der Waals surface area contributed by atoms with Gasteiger partial charge in [-0.15, -0.1) is 0 Å². The monoisotopic (exact) mass is 164 g/mol. The van der Waals surface area contributed by atoms with Crippen molar-refractivity contribution < 1.29 is 0 Å². The number of aromatic nitrogens is 4. The smallest absolute Gasteiger partial charge is 0.173 e. The van der Waals surface area contributed by atoms with Crippen molar-refractivity contribution in [2.75, 3.05) is 0 Å². The Kier molecular flexibility index (Phi) is 2.74. The van der Waals surface area contributed by atoms with E-state index in [2.05, 4.69) is 15.1 Å². The van der Waals surface area contributed by atoms with Crippen LogP contribution in [-0.2, 0) is 0 Å². The maximum Gasteiger partial charge on any atom is 0.173 e. The molecule has 0 saturated carbocycles. The van der Waals surface area contributed by atoms with E-state index in [4.69, 9.17) is 0 Å². The Morgan fingerprint density at radius 3 is 2.75 bits per heavy atom. The summed E-state index contributed by atoms with van der Waals surface area (Å²) in [7, 11) is 0. The van der Waals surface area contributed by atoms with E-state index in [9.17, 15) is 0 Å². The molecule has 4 heteroatoms. The van der Waals surface area contributed by atoms with E-state index in [0.29, 0.717) is 0 Å². The highest BCUT2D eigenvalue weighted by Gasteiger charge is 1.94. The quantitative estimate of drug-likeness (QED) is 0.592. The highest BCUT2D eigenvalue weighted by Crippen LogP contribution is 1.95. The lowest BCUT2D eigenvalue weighted by molar-refractivity contribution is 0.920. The summed E-state index contributed by atoms with van der Waals surface area (Å²) in [5, 5.41) is 4.08. The number of hydrogen-bond donors (Lipinski definition) is 0. The molecule has 2 heterocycles. The number of nitrogens with zero attached hydrogens (tertiary/aromatic N) is 4. The van der Waals surface area contributed by atoms with E-state index in [1.54, 1.807) is 23.1 Å². The highest BCUT2D eigenvalue weighted by atomic mass is 15.3. The Bertz CT molecular complexity index is 320. The second-order valence-electron chi connectivity index (χ2n) is 2.04. The fraction of sp³-hybridized carbons (Fsp3) is 0.375. The van der Waals surface area contributed by atoms with Crippen LogP contribution in [0.5, 0.6) is 0 Å². The summed E-state index contributed by atoms with van der Waals surface area (Å²) < 4.78 is 1.70. The van der Waals surface area contributed by atoms with Gasteiger partial charge in [-0.25, -0.2) is 9.50 Å². The Hall–Kier alpha value is -1.45. The van der Waals surface area contributed by atoms with Crippen LogP contribution in [0.2, 0.25) is 0 Å². The molecule has 0 spiro atoms. The average Bonchev–Trinajstić information content (AvgIpc) is 2.48. The highest BCUT2D eigenvalue weighted by molar-refractivity contribution is 5.32. The molecule has 0 unspecified atom stereocenters. The number of hydrogen-bond acceptors (Lipinski definition) is 3. The van der Waals surface area contributed by atoms with Crippen LogP contribution in [0.3, 0.4) is 0 Å². The van der Waals surface area contributed by atoms with Crippen LogP contribution in [0, 0.1) is 6.92 Å². The first-order valence-corrected chi connectivity index (χ1v) is 3.99. The number of fused-ring (bicyclic) bond motifs is 1. The van der Waals surface area contributed by atoms with Gasteiger partial charge < -0.3 is 0 Å².